The minimum atomic E-state index is -0.764. The third-order valence-corrected chi connectivity index (χ3v) is 5.55. The Morgan fingerprint density at radius 2 is 1.65 bits per heavy atom. The van der Waals surface area contributed by atoms with E-state index in [0.717, 1.165) is 38.5 Å². The van der Waals surface area contributed by atoms with Crippen LogP contribution in [-0.4, -0.2) is 23.8 Å². The lowest BCUT2D eigenvalue weighted by Crippen LogP contribution is -2.45. The second-order valence-electron chi connectivity index (χ2n) is 6.10. The van der Waals surface area contributed by atoms with Gasteiger partial charge in [-0.25, -0.2) is 0 Å². The van der Waals surface area contributed by atoms with E-state index in [2.05, 4.69) is 0 Å². The molecule has 0 bridgehead atoms. The summed E-state index contributed by atoms with van der Waals surface area (Å²) in [6.45, 7) is 0. The van der Waals surface area contributed by atoms with Crippen molar-refractivity contribution in [1.29, 1.82) is 0 Å². The highest BCUT2D eigenvalue weighted by Gasteiger charge is 2.78. The number of rotatable bonds is 2. The second-order valence-corrected chi connectivity index (χ2v) is 6.10. The highest BCUT2D eigenvalue weighted by molar-refractivity contribution is 5.83. The van der Waals surface area contributed by atoms with Crippen LogP contribution >= 0.6 is 0 Å². The zero-order valence-corrected chi connectivity index (χ0v) is 10.6. The standard InChI is InChI=1S/C14H22O3/c1-17-12(15)14(13(16)8-4-5-9-13)10-6-2-3-7-11(10)14/h10-11,16H,2-9H2,1H3. The molecule has 0 aliphatic heterocycles. The van der Waals surface area contributed by atoms with Gasteiger partial charge in [-0.15, -0.1) is 0 Å². The van der Waals surface area contributed by atoms with Gasteiger partial charge in [-0.05, 0) is 37.5 Å². The summed E-state index contributed by atoms with van der Waals surface area (Å²) in [4.78, 5) is 12.3. The van der Waals surface area contributed by atoms with Gasteiger partial charge < -0.3 is 9.84 Å². The summed E-state index contributed by atoms with van der Waals surface area (Å²) >= 11 is 0. The van der Waals surface area contributed by atoms with Crippen molar-refractivity contribution in [3.8, 4) is 0 Å². The van der Waals surface area contributed by atoms with Crippen LogP contribution in [0.5, 0.6) is 0 Å². The maximum atomic E-state index is 12.3. The Bertz CT molecular complexity index is 318. The molecule has 0 spiro atoms. The van der Waals surface area contributed by atoms with Crippen LogP contribution in [0.25, 0.3) is 0 Å². The Morgan fingerprint density at radius 3 is 2.12 bits per heavy atom. The SMILES string of the molecule is COC(=O)C1(C2(O)CCCC2)C2CCCCC21. The van der Waals surface area contributed by atoms with Gasteiger partial charge in [-0.1, -0.05) is 25.7 Å². The van der Waals surface area contributed by atoms with Gasteiger partial charge in [0.05, 0.1) is 12.7 Å². The monoisotopic (exact) mass is 238 g/mol. The van der Waals surface area contributed by atoms with Gasteiger partial charge in [0.25, 0.3) is 0 Å². The van der Waals surface area contributed by atoms with Gasteiger partial charge in [0.1, 0.15) is 5.41 Å². The fourth-order valence-electron chi connectivity index (χ4n) is 4.85. The molecular weight excluding hydrogens is 216 g/mol. The van der Waals surface area contributed by atoms with Crippen LogP contribution in [0.1, 0.15) is 51.4 Å². The highest BCUT2D eigenvalue weighted by atomic mass is 16.5. The molecule has 3 saturated carbocycles. The molecule has 1 N–H and O–H groups in total. The van der Waals surface area contributed by atoms with E-state index in [1.165, 1.54) is 20.0 Å². The quantitative estimate of drug-likeness (QED) is 0.751. The van der Waals surface area contributed by atoms with Crippen LogP contribution in [0, 0.1) is 17.3 Å². The molecule has 3 heteroatoms. The Labute approximate surface area is 103 Å². The van der Waals surface area contributed by atoms with Crippen molar-refractivity contribution in [3.63, 3.8) is 0 Å². The Hall–Kier alpha value is -0.570. The molecule has 17 heavy (non-hydrogen) atoms. The van der Waals surface area contributed by atoms with Gasteiger partial charge in [0.2, 0.25) is 0 Å². The van der Waals surface area contributed by atoms with Crippen molar-refractivity contribution >= 4 is 5.97 Å². The zero-order chi connectivity index (χ0) is 12.1. The van der Waals surface area contributed by atoms with Crippen molar-refractivity contribution in [1.82, 2.24) is 0 Å². The Balaban J connectivity index is 1.96. The average Bonchev–Trinajstić information content (AvgIpc) is 2.86. The highest BCUT2D eigenvalue weighted by Crippen LogP contribution is 2.73. The van der Waals surface area contributed by atoms with Crippen molar-refractivity contribution in [2.24, 2.45) is 17.3 Å². The largest absolute Gasteiger partial charge is 0.468 e. The Morgan fingerprint density at radius 1 is 1.12 bits per heavy atom. The fraction of sp³-hybridized carbons (Fsp3) is 0.929. The molecule has 2 atom stereocenters. The van der Waals surface area contributed by atoms with E-state index in [0.29, 0.717) is 11.8 Å². The first-order chi connectivity index (χ1) is 8.17. The van der Waals surface area contributed by atoms with Crippen LogP contribution in [0.4, 0.5) is 0 Å². The lowest BCUT2D eigenvalue weighted by Gasteiger charge is -2.32. The van der Waals surface area contributed by atoms with Gasteiger partial charge in [-0.3, -0.25) is 4.79 Å². The normalized spacial score (nSPS) is 42.9. The Kier molecular flexibility index (Phi) is 2.51. The van der Waals surface area contributed by atoms with Gasteiger partial charge in [0.15, 0.2) is 0 Å². The number of carbonyl (C=O) groups is 1. The third-order valence-electron chi connectivity index (χ3n) is 5.55. The van der Waals surface area contributed by atoms with Crippen molar-refractivity contribution in [2.75, 3.05) is 7.11 Å². The van der Waals surface area contributed by atoms with Crippen LogP contribution in [0.15, 0.2) is 0 Å². The summed E-state index contributed by atoms with van der Waals surface area (Å²) in [7, 11) is 1.47. The van der Waals surface area contributed by atoms with Crippen LogP contribution in [0.2, 0.25) is 0 Å². The number of fused-ring (bicyclic) bond motifs is 1. The number of esters is 1. The minimum Gasteiger partial charge on any atom is -0.468 e. The summed E-state index contributed by atoms with van der Waals surface area (Å²) in [5.41, 5.74) is -1.30. The molecule has 3 rings (SSSR count). The number of methoxy groups -OCH3 is 1. The molecule has 3 nitrogen and oxygen atoms in total. The third kappa shape index (κ3) is 1.29. The van der Waals surface area contributed by atoms with Crippen molar-refractivity contribution in [2.45, 2.75) is 57.0 Å². The summed E-state index contributed by atoms with van der Waals surface area (Å²) < 4.78 is 5.05. The van der Waals surface area contributed by atoms with E-state index >= 15 is 0 Å². The molecule has 0 amide bonds. The molecule has 3 fully saturated rings. The van der Waals surface area contributed by atoms with Crippen LogP contribution in [0.3, 0.4) is 0 Å². The molecule has 0 saturated heterocycles. The van der Waals surface area contributed by atoms with Crippen molar-refractivity contribution < 1.29 is 14.6 Å². The number of hydrogen-bond acceptors (Lipinski definition) is 3. The van der Waals surface area contributed by atoms with E-state index in [-0.39, 0.29) is 5.97 Å². The maximum Gasteiger partial charge on any atom is 0.315 e. The molecule has 3 aliphatic rings. The van der Waals surface area contributed by atoms with Crippen LogP contribution in [-0.2, 0) is 9.53 Å². The number of hydrogen-bond donors (Lipinski definition) is 1. The summed E-state index contributed by atoms with van der Waals surface area (Å²) in [5, 5.41) is 10.9. The molecule has 0 heterocycles. The first-order valence-corrected chi connectivity index (χ1v) is 6.97. The molecule has 3 aliphatic carbocycles. The summed E-state index contributed by atoms with van der Waals surface area (Å²) in [6, 6.07) is 0. The van der Waals surface area contributed by atoms with Crippen LogP contribution < -0.4 is 0 Å². The van der Waals surface area contributed by atoms with Gasteiger partial charge in [0, 0.05) is 0 Å². The van der Waals surface area contributed by atoms with E-state index in [1.54, 1.807) is 0 Å². The van der Waals surface area contributed by atoms with Gasteiger partial charge >= 0.3 is 5.97 Å². The average molecular weight is 238 g/mol. The zero-order valence-electron chi connectivity index (χ0n) is 10.6. The molecule has 96 valence electrons. The fourth-order valence-corrected chi connectivity index (χ4v) is 4.85. The van der Waals surface area contributed by atoms with E-state index in [1.807, 2.05) is 0 Å². The summed E-state index contributed by atoms with van der Waals surface area (Å²) in [6.07, 6.45) is 8.28. The van der Waals surface area contributed by atoms with E-state index in [9.17, 15) is 9.90 Å². The molecular formula is C14H22O3. The predicted octanol–water partition coefficient (Wildman–Crippen LogP) is 2.27. The molecule has 0 aromatic carbocycles. The molecule has 0 radical (unpaired) electrons. The molecule has 2 unspecified atom stereocenters. The minimum absolute atomic E-state index is 0.140. The number of carbonyl (C=O) groups excluding carboxylic acids is 1. The second kappa shape index (κ2) is 3.71. The van der Waals surface area contributed by atoms with Crippen molar-refractivity contribution in [3.05, 3.63) is 0 Å². The topological polar surface area (TPSA) is 46.5 Å². The van der Waals surface area contributed by atoms with E-state index < -0.39 is 11.0 Å². The smallest absolute Gasteiger partial charge is 0.315 e. The van der Waals surface area contributed by atoms with E-state index in [4.69, 9.17) is 4.74 Å². The molecule has 0 aromatic rings. The predicted molar refractivity (Wildman–Crippen MR) is 63.3 cm³/mol. The lowest BCUT2D eigenvalue weighted by molar-refractivity contribution is -0.162. The van der Waals surface area contributed by atoms with Gasteiger partial charge in [-0.2, -0.15) is 0 Å². The lowest BCUT2D eigenvalue weighted by atomic mass is 9.79. The first-order valence-electron chi connectivity index (χ1n) is 6.97. The maximum absolute atomic E-state index is 12.3. The number of aliphatic hydroxyl groups is 1. The first kappa shape index (κ1) is 11.5. The molecule has 0 aromatic heterocycles. The number of ether oxygens (including phenoxy) is 1. The summed E-state index contributed by atoms with van der Waals surface area (Å²) in [5.74, 6) is 0.650.